The van der Waals surface area contributed by atoms with Crippen molar-refractivity contribution >= 4 is 75.8 Å². The molecule has 0 atom stereocenters. The Morgan fingerprint density at radius 1 is 0.735 bits per heavy atom. The molecule has 0 bridgehead atoms. The molecule has 0 saturated carbocycles. The van der Waals surface area contributed by atoms with Crippen molar-refractivity contribution in [2.75, 3.05) is 23.0 Å². The molecule has 0 saturated heterocycles. The third-order valence-electron chi connectivity index (χ3n) is 1.73. The van der Waals surface area contributed by atoms with E-state index >= 15 is 0 Å². The summed E-state index contributed by atoms with van der Waals surface area (Å²) in [6.45, 7) is 1.43. The van der Waals surface area contributed by atoms with Crippen LogP contribution in [0.2, 0.25) is 0 Å². The quantitative estimate of drug-likeness (QED) is 0.151. The predicted octanol–water partition coefficient (Wildman–Crippen LogP) is -2.94. The zero-order valence-electron chi connectivity index (χ0n) is 17.4. The van der Waals surface area contributed by atoms with Crippen molar-refractivity contribution in [2.24, 2.45) is 0 Å². The predicted molar refractivity (Wildman–Crippen MR) is 98.0 cm³/mol. The average molecular weight is 660 g/mol. The second-order valence-corrected chi connectivity index (χ2v) is 11.2. The number of halogens is 6. The molecular formula is C8H12Cl2F4KNO14S4. The number of hydrogen-bond donors (Lipinski definition) is 0. The van der Waals surface area contributed by atoms with Gasteiger partial charge < -0.3 is 1.43 Å². The van der Waals surface area contributed by atoms with Gasteiger partial charge in [0.05, 0.1) is 29.8 Å². The summed E-state index contributed by atoms with van der Waals surface area (Å²) in [6, 6.07) is 1.75. The van der Waals surface area contributed by atoms with E-state index in [1.807, 2.05) is 0 Å². The molecule has 0 amide bonds. The Labute approximate surface area is 245 Å². The van der Waals surface area contributed by atoms with Gasteiger partial charge >= 0.3 is 71.6 Å². The summed E-state index contributed by atoms with van der Waals surface area (Å²) in [5, 5.41) is 7.32. The minimum atomic E-state index is -4.76. The number of rotatable bonds is 12. The van der Waals surface area contributed by atoms with E-state index in [1.54, 1.807) is 6.07 Å². The standard InChI is InChI=1S/C3H4Cl2O7S2.C3H4F2O7S2.C2H3N.F2.K.H/c2*4-11-13(7,8)1-3(6)2-14(9,10)12-5;1-2-3;1-2;;/h2*1-2H2;1H3;;;/q;;;;+1;-1. The van der Waals surface area contributed by atoms with Crippen LogP contribution in [0.4, 0.5) is 18.2 Å². The largest absolute Gasteiger partial charge is 1.00 e. The van der Waals surface area contributed by atoms with Crippen molar-refractivity contribution in [2.45, 2.75) is 6.92 Å². The van der Waals surface area contributed by atoms with Crippen LogP contribution in [0.1, 0.15) is 8.35 Å². The molecule has 0 fully saturated rings. The molecule has 0 rings (SSSR count). The van der Waals surface area contributed by atoms with Gasteiger partial charge in [-0.25, -0.2) is 0 Å². The molecular weight excluding hydrogens is 648 g/mol. The first-order valence-electron chi connectivity index (χ1n) is 6.46. The van der Waals surface area contributed by atoms with Crippen molar-refractivity contribution in [1.82, 2.24) is 0 Å². The second-order valence-electron chi connectivity index (χ2n) is 4.36. The molecule has 0 aromatic heterocycles. The Hall–Kier alpha value is 0.406. The molecule has 0 N–H and O–H groups in total. The SMILES string of the molecule is CC#N.FF.O=C(CS(=O)(=O)OCl)CS(=O)(=O)OCl.O=C(CS(=O)(=O)OF)CS(=O)(=O)OF.[H-].[K+]. The van der Waals surface area contributed by atoms with E-state index in [0.29, 0.717) is 0 Å². The van der Waals surface area contributed by atoms with E-state index in [9.17, 15) is 52.3 Å². The summed E-state index contributed by atoms with van der Waals surface area (Å²) >= 11 is 8.99. The van der Waals surface area contributed by atoms with Crippen LogP contribution in [0.25, 0.3) is 0 Å². The molecule has 0 aliphatic heterocycles. The molecule has 0 aliphatic carbocycles. The molecule has 26 heteroatoms. The summed E-state index contributed by atoms with van der Waals surface area (Å²) in [4.78, 5) is 21.3. The van der Waals surface area contributed by atoms with Gasteiger partial charge in [-0.1, -0.05) is 8.78 Å². The number of ketones is 2. The first-order chi connectivity index (χ1) is 14.9. The molecule has 0 radical (unpaired) electrons. The monoisotopic (exact) mass is 659 g/mol. The van der Waals surface area contributed by atoms with Gasteiger partial charge in [0.15, 0.2) is 11.6 Å². The van der Waals surface area contributed by atoms with Crippen LogP contribution in [0.5, 0.6) is 0 Å². The number of nitriles is 1. The van der Waals surface area contributed by atoms with E-state index in [1.165, 1.54) is 6.92 Å². The number of carbonyl (C=O) groups is 2. The van der Waals surface area contributed by atoms with Crippen LogP contribution in [0.3, 0.4) is 0 Å². The maximum absolute atomic E-state index is 11.2. The first kappa shape index (κ1) is 44.4. The summed E-state index contributed by atoms with van der Waals surface area (Å²) in [5.74, 6) is -8.05. The van der Waals surface area contributed by atoms with Crippen LogP contribution in [0.15, 0.2) is 0 Å². The van der Waals surface area contributed by atoms with Gasteiger partial charge in [0.2, 0.25) is 0 Å². The maximum atomic E-state index is 11.2. The molecule has 15 nitrogen and oxygen atoms in total. The summed E-state index contributed by atoms with van der Waals surface area (Å²) in [6.07, 6.45) is 0. The smallest absolute Gasteiger partial charge is 1.00 e. The second kappa shape index (κ2) is 22.6. The van der Waals surface area contributed by atoms with Gasteiger partial charge in [0.25, 0.3) is 20.2 Å². The number of nitrogens with zero attached hydrogens (tertiary/aromatic N) is 1. The van der Waals surface area contributed by atoms with E-state index in [-0.39, 0.29) is 52.8 Å². The van der Waals surface area contributed by atoms with Gasteiger partial charge in [0, 0.05) is 16.1 Å². The Balaban J connectivity index is -0.0000000965. The Morgan fingerprint density at radius 2 is 0.912 bits per heavy atom. The third-order valence-corrected chi connectivity index (χ3v) is 6.36. The van der Waals surface area contributed by atoms with Crippen LogP contribution in [-0.4, -0.2) is 68.2 Å². The minimum absolute atomic E-state index is 0. The number of hydrogen-bond acceptors (Lipinski definition) is 15. The van der Waals surface area contributed by atoms with E-state index in [2.05, 4.69) is 40.0 Å². The van der Waals surface area contributed by atoms with Crippen LogP contribution >= 0.6 is 23.7 Å². The van der Waals surface area contributed by atoms with E-state index < -0.39 is 75.1 Å². The summed E-state index contributed by atoms with van der Waals surface area (Å²) < 4.78 is 133. The van der Waals surface area contributed by atoms with Gasteiger partial charge in [-0.3, -0.25) is 9.59 Å². The summed E-state index contributed by atoms with van der Waals surface area (Å²) in [7, 11) is -18.0. The van der Waals surface area contributed by atoms with E-state index in [4.69, 9.17) is 14.4 Å². The van der Waals surface area contributed by atoms with Crippen molar-refractivity contribution < 1.29 is 131 Å². The Morgan fingerprint density at radius 3 is 1.06 bits per heavy atom. The van der Waals surface area contributed by atoms with Gasteiger partial charge in [-0.15, -0.1) is 0 Å². The molecule has 34 heavy (non-hydrogen) atoms. The van der Waals surface area contributed by atoms with E-state index in [0.717, 1.165) is 0 Å². The van der Waals surface area contributed by atoms with Crippen molar-refractivity contribution in [3.05, 3.63) is 0 Å². The fraction of sp³-hybridized carbons (Fsp3) is 0.625. The van der Waals surface area contributed by atoms with Crippen molar-refractivity contribution in [3.8, 4) is 6.07 Å². The van der Waals surface area contributed by atoms with Gasteiger partial charge in [-0.2, -0.15) is 46.4 Å². The Bertz CT molecular complexity index is 912. The molecule has 0 aromatic carbocycles. The molecule has 0 spiro atoms. The molecule has 0 heterocycles. The van der Waals surface area contributed by atoms with Crippen molar-refractivity contribution in [1.29, 1.82) is 5.26 Å². The number of carbonyl (C=O) groups excluding carboxylic acids is 2. The molecule has 0 aliphatic rings. The zero-order valence-corrected chi connectivity index (χ0v) is 24.3. The Kier molecular flexibility index (Phi) is 29.5. The number of Topliss-reactive ketones (excluding diaryl/α,β-unsaturated/α-hetero) is 2. The molecule has 200 valence electrons. The molecule has 0 unspecified atom stereocenters. The topological polar surface area (TPSA) is 231 Å². The van der Waals surface area contributed by atoms with Gasteiger partial charge in [0.1, 0.15) is 23.0 Å². The van der Waals surface area contributed by atoms with Gasteiger partial charge in [-0.05, 0) is 9.05 Å². The normalized spacial score (nSPS) is 10.9. The summed E-state index contributed by atoms with van der Waals surface area (Å²) in [5.41, 5.74) is 0. The first-order valence-corrected chi connectivity index (χ1v) is 13.4. The maximum Gasteiger partial charge on any atom is 1.00 e. The van der Waals surface area contributed by atoms with Crippen LogP contribution in [0, 0.1) is 11.3 Å². The van der Waals surface area contributed by atoms with Crippen molar-refractivity contribution in [3.63, 3.8) is 0 Å². The molecule has 0 aromatic rings. The minimum Gasteiger partial charge on any atom is -1.00 e. The van der Waals surface area contributed by atoms with Crippen LogP contribution in [-0.2, 0) is 66.3 Å². The van der Waals surface area contributed by atoms with Crippen LogP contribution < -0.4 is 51.4 Å². The zero-order chi connectivity index (χ0) is 27.5. The fourth-order valence-corrected chi connectivity index (χ4v) is 3.65. The fourth-order valence-electron chi connectivity index (χ4n) is 0.961. The average Bonchev–Trinajstić information content (AvgIpc) is 2.69. The third kappa shape index (κ3) is 30.4.